The van der Waals surface area contributed by atoms with Gasteiger partial charge in [0.25, 0.3) is 0 Å². The highest BCUT2D eigenvalue weighted by molar-refractivity contribution is 7.91. The molecule has 4 rings (SSSR count). The molecule has 0 bridgehead atoms. The lowest BCUT2D eigenvalue weighted by Gasteiger charge is -2.36. The van der Waals surface area contributed by atoms with Crippen molar-refractivity contribution in [1.29, 1.82) is 0 Å². The number of nitrogens with zero attached hydrogens (tertiary/aromatic N) is 7. The Hall–Kier alpha value is -2.49. The van der Waals surface area contributed by atoms with Gasteiger partial charge >= 0.3 is 0 Å². The molecule has 2 aliphatic heterocycles. The molecule has 27 heavy (non-hydrogen) atoms. The molecule has 9 nitrogen and oxygen atoms in total. The van der Waals surface area contributed by atoms with Gasteiger partial charge in [-0.05, 0) is 18.6 Å². The van der Waals surface area contributed by atoms with Crippen molar-refractivity contribution in [2.24, 2.45) is 0 Å². The van der Waals surface area contributed by atoms with E-state index in [9.17, 15) is 8.42 Å². The number of hydrogen-bond acceptors (Lipinski definition) is 9. The molecule has 0 saturated carbocycles. The first kappa shape index (κ1) is 17.9. The summed E-state index contributed by atoms with van der Waals surface area (Å²) in [7, 11) is -1.11. The highest BCUT2D eigenvalue weighted by atomic mass is 32.2. The van der Waals surface area contributed by atoms with Crippen LogP contribution in [-0.2, 0) is 9.84 Å². The summed E-state index contributed by atoms with van der Waals surface area (Å²) >= 11 is 0. The molecule has 144 valence electrons. The molecule has 1 atom stereocenters. The number of anilines is 3. The van der Waals surface area contributed by atoms with Crippen LogP contribution in [0.15, 0.2) is 30.6 Å². The summed E-state index contributed by atoms with van der Waals surface area (Å²) in [6.45, 7) is 3.34. The van der Waals surface area contributed by atoms with Crippen LogP contribution in [0.2, 0.25) is 0 Å². The molecular formula is C17H23N7O2S. The van der Waals surface area contributed by atoms with E-state index in [1.54, 1.807) is 12.4 Å². The van der Waals surface area contributed by atoms with Crippen LogP contribution in [0, 0.1) is 0 Å². The zero-order valence-corrected chi connectivity index (χ0v) is 16.1. The SMILES string of the molecule is CN(c1nncc(N2CCN(c3ccccn3)CC2)n1)C1CCS(=O)(=O)C1. The van der Waals surface area contributed by atoms with Crippen LogP contribution >= 0.6 is 0 Å². The number of aromatic nitrogens is 4. The first-order valence-electron chi connectivity index (χ1n) is 9.06. The van der Waals surface area contributed by atoms with Gasteiger partial charge < -0.3 is 14.7 Å². The van der Waals surface area contributed by atoms with Gasteiger partial charge in [-0.15, -0.1) is 5.10 Å². The minimum atomic E-state index is -2.95. The first-order chi connectivity index (χ1) is 13.0. The molecule has 0 radical (unpaired) electrons. The molecule has 0 aromatic carbocycles. The second-order valence-corrected chi connectivity index (χ2v) is 9.17. The zero-order chi connectivity index (χ0) is 18.9. The topological polar surface area (TPSA) is 95.4 Å². The smallest absolute Gasteiger partial charge is 0.247 e. The first-order valence-corrected chi connectivity index (χ1v) is 10.9. The molecule has 2 saturated heterocycles. The molecule has 0 spiro atoms. The van der Waals surface area contributed by atoms with Crippen molar-refractivity contribution in [2.75, 3.05) is 59.4 Å². The van der Waals surface area contributed by atoms with Crippen LogP contribution in [0.3, 0.4) is 0 Å². The zero-order valence-electron chi connectivity index (χ0n) is 15.3. The lowest BCUT2D eigenvalue weighted by Crippen LogP contribution is -2.47. The lowest BCUT2D eigenvalue weighted by atomic mass is 10.2. The summed E-state index contributed by atoms with van der Waals surface area (Å²) in [5.74, 6) is 2.61. The highest BCUT2D eigenvalue weighted by Gasteiger charge is 2.32. The summed E-state index contributed by atoms with van der Waals surface area (Å²) in [6.07, 6.45) is 4.08. The van der Waals surface area contributed by atoms with Gasteiger partial charge in [0.2, 0.25) is 5.95 Å². The molecule has 0 N–H and O–H groups in total. The van der Waals surface area contributed by atoms with Gasteiger partial charge in [-0.2, -0.15) is 10.1 Å². The van der Waals surface area contributed by atoms with E-state index in [2.05, 4.69) is 30.0 Å². The van der Waals surface area contributed by atoms with E-state index in [1.807, 2.05) is 30.1 Å². The molecule has 0 amide bonds. The molecule has 2 aromatic rings. The third-order valence-electron chi connectivity index (χ3n) is 5.18. The van der Waals surface area contributed by atoms with Crippen LogP contribution in [0.5, 0.6) is 0 Å². The van der Waals surface area contributed by atoms with Crippen molar-refractivity contribution in [1.82, 2.24) is 20.2 Å². The third-order valence-corrected chi connectivity index (χ3v) is 6.93. The van der Waals surface area contributed by atoms with Crippen LogP contribution in [0.25, 0.3) is 0 Å². The van der Waals surface area contributed by atoms with Gasteiger partial charge in [0.1, 0.15) is 5.82 Å². The predicted octanol–water partition coefficient (Wildman–Crippen LogP) is 0.217. The van der Waals surface area contributed by atoms with Gasteiger partial charge in [0.15, 0.2) is 15.7 Å². The number of sulfone groups is 1. The van der Waals surface area contributed by atoms with Gasteiger partial charge in [-0.1, -0.05) is 6.07 Å². The van der Waals surface area contributed by atoms with E-state index >= 15 is 0 Å². The molecule has 1 unspecified atom stereocenters. The van der Waals surface area contributed by atoms with E-state index in [1.165, 1.54) is 0 Å². The van der Waals surface area contributed by atoms with Crippen LogP contribution in [0.4, 0.5) is 17.6 Å². The Bertz CT molecular complexity index is 885. The van der Waals surface area contributed by atoms with Crippen molar-refractivity contribution in [3.63, 3.8) is 0 Å². The normalized spacial score (nSPS) is 22.0. The Morgan fingerprint density at radius 1 is 1.11 bits per heavy atom. The van der Waals surface area contributed by atoms with Gasteiger partial charge in [0, 0.05) is 45.5 Å². The second kappa shape index (κ2) is 7.26. The maximum atomic E-state index is 11.7. The summed E-state index contributed by atoms with van der Waals surface area (Å²) in [6, 6.07) is 5.84. The van der Waals surface area contributed by atoms with E-state index in [0.717, 1.165) is 37.8 Å². The van der Waals surface area contributed by atoms with Crippen LogP contribution < -0.4 is 14.7 Å². The average Bonchev–Trinajstić information content (AvgIpc) is 3.08. The molecule has 2 fully saturated rings. The largest absolute Gasteiger partial charge is 0.353 e. The number of hydrogen-bond donors (Lipinski definition) is 0. The van der Waals surface area contributed by atoms with Crippen molar-refractivity contribution < 1.29 is 8.42 Å². The Morgan fingerprint density at radius 3 is 2.48 bits per heavy atom. The molecule has 4 heterocycles. The molecule has 2 aliphatic rings. The van der Waals surface area contributed by atoms with Crippen molar-refractivity contribution in [3.05, 3.63) is 30.6 Å². The van der Waals surface area contributed by atoms with Crippen molar-refractivity contribution in [2.45, 2.75) is 12.5 Å². The van der Waals surface area contributed by atoms with Crippen molar-refractivity contribution in [3.8, 4) is 0 Å². The standard InChI is InChI=1S/C17H23N7O2S/c1-22(14-5-11-27(25,26)13-14)17-20-16(12-19-21-17)24-9-7-23(8-10-24)15-4-2-3-6-18-15/h2-4,6,12,14H,5,7-11,13H2,1H3. The number of piperazine rings is 1. The molecule has 0 aliphatic carbocycles. The quantitative estimate of drug-likeness (QED) is 0.727. The summed E-state index contributed by atoms with van der Waals surface area (Å²) in [5.41, 5.74) is 0. The number of pyridine rings is 1. The fraction of sp³-hybridized carbons (Fsp3) is 0.529. The Labute approximate surface area is 159 Å². The maximum Gasteiger partial charge on any atom is 0.247 e. The fourth-order valence-corrected chi connectivity index (χ4v) is 5.31. The Balaban J connectivity index is 1.43. The molecule has 10 heteroatoms. The van der Waals surface area contributed by atoms with E-state index in [0.29, 0.717) is 12.4 Å². The Morgan fingerprint density at radius 2 is 1.85 bits per heavy atom. The van der Waals surface area contributed by atoms with E-state index < -0.39 is 9.84 Å². The predicted molar refractivity (Wildman–Crippen MR) is 104 cm³/mol. The fourth-order valence-electron chi connectivity index (χ4n) is 3.54. The average molecular weight is 389 g/mol. The monoisotopic (exact) mass is 389 g/mol. The van der Waals surface area contributed by atoms with Crippen molar-refractivity contribution >= 4 is 27.4 Å². The maximum absolute atomic E-state index is 11.7. The van der Waals surface area contributed by atoms with E-state index in [-0.39, 0.29) is 17.5 Å². The second-order valence-electron chi connectivity index (χ2n) is 6.94. The number of rotatable bonds is 4. The highest BCUT2D eigenvalue weighted by Crippen LogP contribution is 2.22. The van der Waals surface area contributed by atoms with Gasteiger partial charge in [-0.3, -0.25) is 0 Å². The summed E-state index contributed by atoms with van der Waals surface area (Å²) in [5, 5.41) is 8.21. The summed E-state index contributed by atoms with van der Waals surface area (Å²) < 4.78 is 23.5. The lowest BCUT2D eigenvalue weighted by molar-refractivity contribution is 0.600. The van der Waals surface area contributed by atoms with Crippen LogP contribution in [-0.4, -0.2) is 79.4 Å². The summed E-state index contributed by atoms with van der Waals surface area (Å²) in [4.78, 5) is 15.3. The van der Waals surface area contributed by atoms with Gasteiger partial charge in [0.05, 0.1) is 17.7 Å². The third kappa shape index (κ3) is 3.95. The molecule has 2 aromatic heterocycles. The van der Waals surface area contributed by atoms with Crippen LogP contribution in [0.1, 0.15) is 6.42 Å². The van der Waals surface area contributed by atoms with Gasteiger partial charge in [-0.25, -0.2) is 13.4 Å². The van der Waals surface area contributed by atoms with E-state index in [4.69, 9.17) is 0 Å². The molecular weight excluding hydrogens is 366 g/mol. The minimum Gasteiger partial charge on any atom is -0.353 e. The minimum absolute atomic E-state index is 0.0898. The Kier molecular flexibility index (Phi) is 4.81.